The van der Waals surface area contributed by atoms with Crippen LogP contribution in [-0.2, 0) is 0 Å². The molecule has 19 heavy (non-hydrogen) atoms. The number of hydrogen-bond donors (Lipinski definition) is 2. The van der Waals surface area contributed by atoms with Gasteiger partial charge in [0, 0.05) is 24.4 Å². The summed E-state index contributed by atoms with van der Waals surface area (Å²) in [5.74, 6) is 0.756. The molecular weight excluding hydrogens is 268 g/mol. The van der Waals surface area contributed by atoms with Crippen molar-refractivity contribution < 1.29 is 5.11 Å². The second-order valence-electron chi connectivity index (χ2n) is 4.69. The van der Waals surface area contributed by atoms with Crippen LogP contribution >= 0.6 is 11.6 Å². The Bertz CT molecular complexity index is 569. The average molecular weight is 281 g/mol. The molecule has 2 N–H and O–H groups in total. The molecule has 0 spiro atoms. The zero-order chi connectivity index (χ0) is 13.3. The molecule has 1 aliphatic carbocycles. The van der Waals surface area contributed by atoms with Gasteiger partial charge in [0.05, 0.1) is 6.61 Å². The average Bonchev–Trinajstić information content (AvgIpc) is 2.98. The van der Waals surface area contributed by atoms with Crippen molar-refractivity contribution >= 4 is 17.5 Å². The molecule has 0 unspecified atom stereocenters. The number of nitrogens with zero attached hydrogens (tertiary/aromatic N) is 5. The van der Waals surface area contributed by atoms with E-state index < -0.39 is 0 Å². The highest BCUT2D eigenvalue weighted by atomic mass is 35.5. The SMILES string of the molecule is OCC1(CNc2nc(Cl)nc(-n3cccn3)n2)CC1. The monoisotopic (exact) mass is 280 g/mol. The van der Waals surface area contributed by atoms with Gasteiger partial charge < -0.3 is 10.4 Å². The fourth-order valence-corrected chi connectivity index (χ4v) is 1.90. The van der Waals surface area contributed by atoms with Gasteiger partial charge in [0.2, 0.25) is 11.2 Å². The van der Waals surface area contributed by atoms with Gasteiger partial charge >= 0.3 is 0 Å². The lowest BCUT2D eigenvalue weighted by Gasteiger charge is -2.12. The van der Waals surface area contributed by atoms with Gasteiger partial charge in [0.15, 0.2) is 0 Å². The minimum absolute atomic E-state index is 0.0228. The molecule has 1 aliphatic rings. The molecule has 1 fully saturated rings. The summed E-state index contributed by atoms with van der Waals surface area (Å²) in [4.78, 5) is 12.3. The quantitative estimate of drug-likeness (QED) is 0.846. The van der Waals surface area contributed by atoms with Crippen molar-refractivity contribution in [2.24, 2.45) is 5.41 Å². The topological polar surface area (TPSA) is 88.8 Å². The first-order chi connectivity index (χ1) is 9.21. The summed E-state index contributed by atoms with van der Waals surface area (Å²) in [5, 5.41) is 16.5. The normalized spacial score (nSPS) is 16.3. The number of hydrogen-bond acceptors (Lipinski definition) is 6. The second-order valence-corrected chi connectivity index (χ2v) is 5.03. The lowest BCUT2D eigenvalue weighted by Crippen LogP contribution is -2.20. The van der Waals surface area contributed by atoms with Gasteiger partial charge in [0.25, 0.3) is 5.95 Å². The van der Waals surface area contributed by atoms with Gasteiger partial charge in [-0.3, -0.25) is 0 Å². The molecule has 2 heterocycles. The first-order valence-electron chi connectivity index (χ1n) is 5.97. The Hall–Kier alpha value is -1.73. The van der Waals surface area contributed by atoms with Crippen LogP contribution < -0.4 is 5.32 Å². The molecule has 2 aromatic rings. The molecular formula is C11H13ClN6O. The molecule has 2 aromatic heterocycles. The highest BCUT2D eigenvalue weighted by molar-refractivity contribution is 6.28. The molecule has 100 valence electrons. The lowest BCUT2D eigenvalue weighted by molar-refractivity contribution is 0.219. The van der Waals surface area contributed by atoms with E-state index in [1.54, 1.807) is 18.5 Å². The van der Waals surface area contributed by atoms with Gasteiger partial charge in [-0.1, -0.05) is 0 Å². The Morgan fingerprint density at radius 1 is 1.37 bits per heavy atom. The summed E-state index contributed by atoms with van der Waals surface area (Å²) in [6.45, 7) is 0.799. The molecule has 3 rings (SSSR count). The van der Waals surface area contributed by atoms with Crippen molar-refractivity contribution in [2.75, 3.05) is 18.5 Å². The van der Waals surface area contributed by atoms with E-state index in [0.29, 0.717) is 18.4 Å². The minimum Gasteiger partial charge on any atom is -0.396 e. The molecule has 0 aromatic carbocycles. The minimum atomic E-state index is -0.0228. The van der Waals surface area contributed by atoms with Gasteiger partial charge in [-0.05, 0) is 30.5 Å². The van der Waals surface area contributed by atoms with Crippen molar-refractivity contribution in [1.29, 1.82) is 0 Å². The van der Waals surface area contributed by atoms with Crippen LogP contribution in [0.1, 0.15) is 12.8 Å². The summed E-state index contributed by atoms with van der Waals surface area (Å²) in [7, 11) is 0. The van der Waals surface area contributed by atoms with Crippen LogP contribution in [0.5, 0.6) is 0 Å². The molecule has 8 heteroatoms. The number of aliphatic hydroxyl groups excluding tert-OH is 1. The highest BCUT2D eigenvalue weighted by Crippen LogP contribution is 2.44. The summed E-state index contributed by atoms with van der Waals surface area (Å²) in [5.41, 5.74) is -0.0228. The van der Waals surface area contributed by atoms with E-state index in [2.05, 4.69) is 25.4 Å². The van der Waals surface area contributed by atoms with Crippen LogP contribution in [-0.4, -0.2) is 43.0 Å². The Balaban J connectivity index is 1.78. The predicted molar refractivity (Wildman–Crippen MR) is 69.2 cm³/mol. The molecule has 0 amide bonds. The van der Waals surface area contributed by atoms with E-state index in [0.717, 1.165) is 12.8 Å². The van der Waals surface area contributed by atoms with Crippen molar-refractivity contribution in [1.82, 2.24) is 24.7 Å². The Morgan fingerprint density at radius 2 is 2.21 bits per heavy atom. The van der Waals surface area contributed by atoms with E-state index in [-0.39, 0.29) is 17.3 Å². The predicted octanol–water partition coefficient (Wildman–Crippen LogP) is 0.895. The van der Waals surface area contributed by atoms with E-state index in [4.69, 9.17) is 11.6 Å². The largest absolute Gasteiger partial charge is 0.396 e. The van der Waals surface area contributed by atoms with Gasteiger partial charge in [-0.2, -0.15) is 20.1 Å². The lowest BCUT2D eigenvalue weighted by atomic mass is 10.1. The molecule has 1 saturated carbocycles. The molecule has 0 aliphatic heterocycles. The van der Waals surface area contributed by atoms with Gasteiger partial charge in [-0.25, -0.2) is 4.68 Å². The van der Waals surface area contributed by atoms with Crippen molar-refractivity contribution in [3.8, 4) is 5.95 Å². The summed E-state index contributed by atoms with van der Waals surface area (Å²) < 4.78 is 1.51. The van der Waals surface area contributed by atoms with Crippen LogP contribution in [0.2, 0.25) is 5.28 Å². The molecule has 0 bridgehead atoms. The maximum atomic E-state index is 9.26. The van der Waals surface area contributed by atoms with E-state index >= 15 is 0 Å². The zero-order valence-corrected chi connectivity index (χ0v) is 10.9. The zero-order valence-electron chi connectivity index (χ0n) is 10.1. The van der Waals surface area contributed by atoms with E-state index in [1.807, 2.05) is 0 Å². The van der Waals surface area contributed by atoms with Crippen molar-refractivity contribution in [3.05, 3.63) is 23.7 Å². The fourth-order valence-electron chi connectivity index (χ4n) is 1.74. The van der Waals surface area contributed by atoms with Crippen LogP contribution in [0.25, 0.3) is 5.95 Å². The highest BCUT2D eigenvalue weighted by Gasteiger charge is 2.41. The van der Waals surface area contributed by atoms with Crippen LogP contribution in [0.15, 0.2) is 18.5 Å². The number of aromatic nitrogens is 5. The number of nitrogens with one attached hydrogen (secondary N) is 1. The van der Waals surface area contributed by atoms with Crippen molar-refractivity contribution in [3.63, 3.8) is 0 Å². The first kappa shape index (κ1) is 12.3. The number of rotatable bonds is 5. The molecule has 7 nitrogen and oxygen atoms in total. The smallest absolute Gasteiger partial charge is 0.256 e. The maximum Gasteiger partial charge on any atom is 0.256 e. The second kappa shape index (κ2) is 4.75. The Labute approximate surface area is 114 Å². The molecule has 0 radical (unpaired) electrons. The third-order valence-corrected chi connectivity index (χ3v) is 3.39. The standard InChI is InChI=1S/C11H13ClN6O/c12-8-15-9(13-6-11(7-19)2-3-11)17-10(16-8)18-5-1-4-14-18/h1,4-5,19H,2-3,6-7H2,(H,13,15,16,17). The number of aliphatic hydroxyl groups is 1. The summed E-state index contributed by atoms with van der Waals surface area (Å²) in [6.07, 6.45) is 5.39. The summed E-state index contributed by atoms with van der Waals surface area (Å²) in [6, 6.07) is 1.77. The third kappa shape index (κ3) is 2.66. The van der Waals surface area contributed by atoms with Crippen molar-refractivity contribution in [2.45, 2.75) is 12.8 Å². The number of anilines is 1. The number of halogens is 1. The van der Waals surface area contributed by atoms with E-state index in [1.165, 1.54) is 4.68 Å². The Morgan fingerprint density at radius 3 is 2.84 bits per heavy atom. The third-order valence-electron chi connectivity index (χ3n) is 3.22. The maximum absolute atomic E-state index is 9.26. The van der Waals surface area contributed by atoms with Crippen LogP contribution in [0.4, 0.5) is 5.95 Å². The fraction of sp³-hybridized carbons (Fsp3) is 0.455. The molecule has 0 saturated heterocycles. The van der Waals surface area contributed by atoms with Crippen LogP contribution in [0.3, 0.4) is 0 Å². The Kier molecular flexibility index (Phi) is 3.08. The van der Waals surface area contributed by atoms with E-state index in [9.17, 15) is 5.11 Å². The first-order valence-corrected chi connectivity index (χ1v) is 6.35. The summed E-state index contributed by atoms with van der Waals surface area (Å²) >= 11 is 5.87. The van der Waals surface area contributed by atoms with Gasteiger partial charge in [0.1, 0.15) is 0 Å². The van der Waals surface area contributed by atoms with Gasteiger partial charge in [-0.15, -0.1) is 0 Å². The molecule has 0 atom stereocenters. The van der Waals surface area contributed by atoms with Crippen LogP contribution in [0, 0.1) is 5.41 Å².